The Hall–Kier alpha value is -2.55. The molecule has 0 bridgehead atoms. The Morgan fingerprint density at radius 3 is 2.47 bits per heavy atom. The van der Waals surface area contributed by atoms with E-state index in [2.05, 4.69) is 46.6 Å². The molecule has 6 nitrogen and oxygen atoms in total. The number of aryl methyl sites for hydroxylation is 2. The number of hydrogen-bond donors (Lipinski definition) is 2. The van der Waals surface area contributed by atoms with Gasteiger partial charge in [-0.1, -0.05) is 29.8 Å². The van der Waals surface area contributed by atoms with Crippen LogP contribution in [0.3, 0.4) is 0 Å². The molecular formula is C23H29IN4O2. The van der Waals surface area contributed by atoms with Crippen LogP contribution in [0.25, 0.3) is 11.5 Å². The molecule has 0 radical (unpaired) electrons. The van der Waals surface area contributed by atoms with E-state index < -0.39 is 0 Å². The smallest absolute Gasteiger partial charge is 0.226 e. The summed E-state index contributed by atoms with van der Waals surface area (Å²) in [5.74, 6) is 2.25. The monoisotopic (exact) mass is 520 g/mol. The predicted octanol–water partition coefficient (Wildman–Crippen LogP) is 4.84. The van der Waals surface area contributed by atoms with Gasteiger partial charge in [0, 0.05) is 19.2 Å². The minimum absolute atomic E-state index is 0. The van der Waals surface area contributed by atoms with Crippen molar-refractivity contribution in [2.45, 2.75) is 33.9 Å². The predicted molar refractivity (Wildman–Crippen MR) is 131 cm³/mol. The van der Waals surface area contributed by atoms with Crippen LogP contribution >= 0.6 is 24.0 Å². The number of nitrogens with zero attached hydrogens (tertiary/aromatic N) is 2. The van der Waals surface area contributed by atoms with Gasteiger partial charge in [-0.3, -0.25) is 4.99 Å². The van der Waals surface area contributed by atoms with Crippen LogP contribution in [0, 0.1) is 13.8 Å². The third-order valence-corrected chi connectivity index (χ3v) is 4.51. The largest absolute Gasteiger partial charge is 0.494 e. The minimum Gasteiger partial charge on any atom is -0.494 e. The highest BCUT2D eigenvalue weighted by Gasteiger charge is 2.08. The molecular weight excluding hydrogens is 491 g/mol. The Morgan fingerprint density at radius 1 is 1.07 bits per heavy atom. The number of ether oxygens (including phenoxy) is 1. The standard InChI is InChI=1S/C23H28N4O2.HI/c1-5-28-21-11-8-18(12-17(21)3)13-25-23(24-4)26-14-20-15-29-22(27-20)19-9-6-16(2)7-10-19;/h6-12,15H,5,13-14H2,1-4H3,(H2,24,25,26);1H. The van der Waals surface area contributed by atoms with Crippen molar-refractivity contribution in [3.63, 3.8) is 0 Å². The third kappa shape index (κ3) is 6.48. The van der Waals surface area contributed by atoms with Gasteiger partial charge in [0.1, 0.15) is 12.0 Å². The lowest BCUT2D eigenvalue weighted by atomic mass is 10.1. The molecule has 3 aromatic rings. The van der Waals surface area contributed by atoms with Crippen molar-refractivity contribution in [1.82, 2.24) is 15.6 Å². The summed E-state index contributed by atoms with van der Waals surface area (Å²) < 4.78 is 11.2. The number of aliphatic imine (C=N–C) groups is 1. The first kappa shape index (κ1) is 23.7. The van der Waals surface area contributed by atoms with Crippen molar-refractivity contribution in [1.29, 1.82) is 0 Å². The number of hydrogen-bond acceptors (Lipinski definition) is 4. The molecule has 3 rings (SSSR count). The van der Waals surface area contributed by atoms with Crippen LogP contribution in [0.15, 0.2) is 58.1 Å². The summed E-state index contributed by atoms with van der Waals surface area (Å²) in [7, 11) is 1.75. The lowest BCUT2D eigenvalue weighted by Gasteiger charge is -2.12. The Labute approximate surface area is 195 Å². The fraction of sp³-hybridized carbons (Fsp3) is 0.304. The van der Waals surface area contributed by atoms with Crippen molar-refractivity contribution in [2.75, 3.05) is 13.7 Å². The van der Waals surface area contributed by atoms with Gasteiger partial charge < -0.3 is 19.8 Å². The Morgan fingerprint density at radius 2 is 1.80 bits per heavy atom. The number of rotatable bonds is 7. The molecule has 1 aromatic heterocycles. The highest BCUT2D eigenvalue weighted by Crippen LogP contribution is 2.20. The second-order valence-electron chi connectivity index (χ2n) is 6.82. The molecule has 0 saturated carbocycles. The van der Waals surface area contributed by atoms with Gasteiger partial charge in [0.15, 0.2) is 5.96 Å². The van der Waals surface area contributed by atoms with Gasteiger partial charge in [-0.2, -0.15) is 0 Å². The van der Waals surface area contributed by atoms with Crippen molar-refractivity contribution in [3.05, 3.63) is 71.1 Å². The zero-order chi connectivity index (χ0) is 20.6. The molecule has 0 aliphatic heterocycles. The summed E-state index contributed by atoms with van der Waals surface area (Å²) in [5, 5.41) is 6.59. The summed E-state index contributed by atoms with van der Waals surface area (Å²) in [6.45, 7) is 7.96. The van der Waals surface area contributed by atoms with E-state index in [0.29, 0.717) is 31.5 Å². The maximum atomic E-state index is 5.61. The number of benzene rings is 2. The molecule has 1 heterocycles. The molecule has 0 atom stereocenters. The van der Waals surface area contributed by atoms with Crippen molar-refractivity contribution in [3.8, 4) is 17.2 Å². The van der Waals surface area contributed by atoms with Gasteiger partial charge in [-0.25, -0.2) is 4.98 Å². The fourth-order valence-electron chi connectivity index (χ4n) is 2.94. The first-order valence-corrected chi connectivity index (χ1v) is 9.77. The number of guanidine groups is 1. The summed E-state index contributed by atoms with van der Waals surface area (Å²) in [6, 6.07) is 14.3. The molecule has 160 valence electrons. The molecule has 0 amide bonds. The highest BCUT2D eigenvalue weighted by molar-refractivity contribution is 14.0. The molecule has 0 fully saturated rings. The molecule has 2 aromatic carbocycles. The van der Waals surface area contributed by atoms with Gasteiger partial charge in [0.25, 0.3) is 0 Å². The third-order valence-electron chi connectivity index (χ3n) is 4.51. The van der Waals surface area contributed by atoms with E-state index >= 15 is 0 Å². The number of oxazole rings is 1. The Balaban J connectivity index is 0.00000320. The van der Waals surface area contributed by atoms with E-state index in [0.717, 1.165) is 28.1 Å². The van der Waals surface area contributed by atoms with Gasteiger partial charge in [-0.05, 0) is 50.1 Å². The van der Waals surface area contributed by atoms with Crippen LogP contribution in [0.4, 0.5) is 0 Å². The number of aromatic nitrogens is 1. The highest BCUT2D eigenvalue weighted by atomic mass is 127. The van der Waals surface area contributed by atoms with E-state index in [4.69, 9.17) is 9.15 Å². The molecule has 0 unspecified atom stereocenters. The maximum Gasteiger partial charge on any atom is 0.226 e. The molecule has 0 saturated heterocycles. The zero-order valence-corrected chi connectivity index (χ0v) is 20.2. The quantitative estimate of drug-likeness (QED) is 0.265. The average Bonchev–Trinajstić information content (AvgIpc) is 3.20. The average molecular weight is 520 g/mol. The Kier molecular flexibility index (Phi) is 9.16. The van der Waals surface area contributed by atoms with Crippen LogP contribution in [0.1, 0.15) is 29.3 Å². The van der Waals surface area contributed by atoms with Crippen LogP contribution in [0.2, 0.25) is 0 Å². The molecule has 0 spiro atoms. The lowest BCUT2D eigenvalue weighted by Crippen LogP contribution is -2.36. The van der Waals surface area contributed by atoms with Crippen LogP contribution in [-0.2, 0) is 13.1 Å². The van der Waals surface area contributed by atoms with Crippen LogP contribution in [0.5, 0.6) is 5.75 Å². The van der Waals surface area contributed by atoms with E-state index in [9.17, 15) is 0 Å². The topological polar surface area (TPSA) is 71.7 Å². The van der Waals surface area contributed by atoms with E-state index in [-0.39, 0.29) is 24.0 Å². The normalized spacial score (nSPS) is 11.0. The van der Waals surface area contributed by atoms with Crippen molar-refractivity contribution >= 4 is 29.9 Å². The molecule has 30 heavy (non-hydrogen) atoms. The second-order valence-corrected chi connectivity index (χ2v) is 6.82. The molecule has 7 heteroatoms. The van der Waals surface area contributed by atoms with Crippen molar-refractivity contribution in [2.24, 2.45) is 4.99 Å². The van der Waals surface area contributed by atoms with E-state index in [1.165, 1.54) is 5.56 Å². The summed E-state index contributed by atoms with van der Waals surface area (Å²) in [5.41, 5.74) is 5.28. The molecule has 2 N–H and O–H groups in total. The second kappa shape index (κ2) is 11.6. The number of halogens is 1. The summed E-state index contributed by atoms with van der Waals surface area (Å²) in [6.07, 6.45) is 1.67. The van der Waals surface area contributed by atoms with Crippen molar-refractivity contribution < 1.29 is 9.15 Å². The van der Waals surface area contributed by atoms with Gasteiger partial charge in [0.05, 0.1) is 18.8 Å². The fourth-order valence-corrected chi connectivity index (χ4v) is 2.94. The molecule has 0 aliphatic carbocycles. The molecule has 0 aliphatic rings. The van der Waals surface area contributed by atoms with Gasteiger partial charge in [-0.15, -0.1) is 24.0 Å². The SMILES string of the molecule is CCOc1ccc(CNC(=NC)NCc2coc(-c3ccc(C)cc3)n2)cc1C.I. The van der Waals surface area contributed by atoms with Crippen LogP contribution in [-0.4, -0.2) is 24.6 Å². The minimum atomic E-state index is 0. The van der Waals surface area contributed by atoms with Gasteiger partial charge >= 0.3 is 0 Å². The Bertz CT molecular complexity index is 968. The first-order chi connectivity index (χ1) is 14.1. The maximum absolute atomic E-state index is 5.61. The van der Waals surface area contributed by atoms with E-state index in [1.54, 1.807) is 13.3 Å². The first-order valence-electron chi connectivity index (χ1n) is 9.77. The summed E-state index contributed by atoms with van der Waals surface area (Å²) >= 11 is 0. The van der Waals surface area contributed by atoms with E-state index in [1.807, 2.05) is 37.3 Å². The zero-order valence-electron chi connectivity index (χ0n) is 17.9. The lowest BCUT2D eigenvalue weighted by molar-refractivity contribution is 0.338. The van der Waals surface area contributed by atoms with Gasteiger partial charge in [0.2, 0.25) is 5.89 Å². The number of nitrogens with one attached hydrogen (secondary N) is 2. The van der Waals surface area contributed by atoms with Crippen LogP contribution < -0.4 is 15.4 Å². The summed E-state index contributed by atoms with van der Waals surface area (Å²) in [4.78, 5) is 8.82.